The minimum Gasteiger partial charge on any atom is -0.0843 e. The van der Waals surface area contributed by atoms with E-state index in [4.69, 9.17) is 11.6 Å². The maximum absolute atomic E-state index is 6.08. The van der Waals surface area contributed by atoms with Crippen molar-refractivity contribution in [2.24, 2.45) is 29.6 Å². The van der Waals surface area contributed by atoms with Gasteiger partial charge in [0.2, 0.25) is 0 Å². The SMILES string of the molecule is CCCCCCC[C@H]1CC[C@H]([C@H]2C[CH][C@H](C3CCC(c4ccc(Cl)cc4)CC3)CC2)CC1. The molecule has 3 aliphatic carbocycles. The highest BCUT2D eigenvalue weighted by Crippen LogP contribution is 2.47. The number of rotatable bonds is 9. The Morgan fingerprint density at radius 1 is 0.688 bits per heavy atom. The van der Waals surface area contributed by atoms with Crippen LogP contribution in [-0.4, -0.2) is 0 Å². The van der Waals surface area contributed by atoms with Crippen molar-refractivity contribution in [3.05, 3.63) is 41.3 Å². The van der Waals surface area contributed by atoms with Gasteiger partial charge in [0.1, 0.15) is 0 Å². The Bertz CT molecular complexity index is 625. The summed E-state index contributed by atoms with van der Waals surface area (Å²) in [6, 6.07) is 8.65. The molecule has 3 fully saturated rings. The van der Waals surface area contributed by atoms with Gasteiger partial charge in [0.25, 0.3) is 0 Å². The molecule has 4 rings (SSSR count). The molecule has 179 valence electrons. The molecule has 0 unspecified atom stereocenters. The van der Waals surface area contributed by atoms with Gasteiger partial charge >= 0.3 is 0 Å². The van der Waals surface area contributed by atoms with E-state index in [2.05, 4.69) is 37.6 Å². The quantitative estimate of drug-likeness (QED) is 0.324. The standard InChI is InChI=1S/C31H48Cl/c1-2-3-4-5-6-7-24-8-10-25(11-9-24)26-12-14-27(15-13-26)28-16-18-29(19-17-28)30-20-22-31(32)23-21-30/h14,20-29H,2-13,15-19H2,1H3/t24-,25-,26-,27-,28?,29?/m0/s1. The van der Waals surface area contributed by atoms with Gasteiger partial charge in [0, 0.05) is 5.02 Å². The van der Waals surface area contributed by atoms with E-state index >= 15 is 0 Å². The lowest BCUT2D eigenvalue weighted by Crippen LogP contribution is -2.30. The van der Waals surface area contributed by atoms with Crippen LogP contribution in [0.1, 0.15) is 128 Å². The molecule has 3 aliphatic rings. The molecule has 0 bridgehead atoms. The van der Waals surface area contributed by atoms with Crippen molar-refractivity contribution in [3.63, 3.8) is 0 Å². The Kier molecular flexibility index (Phi) is 9.87. The predicted octanol–water partition coefficient (Wildman–Crippen LogP) is 10.4. The van der Waals surface area contributed by atoms with Gasteiger partial charge in [-0.3, -0.25) is 0 Å². The van der Waals surface area contributed by atoms with Gasteiger partial charge < -0.3 is 0 Å². The number of benzene rings is 1. The summed E-state index contributed by atoms with van der Waals surface area (Å²) in [5.74, 6) is 5.76. The van der Waals surface area contributed by atoms with E-state index in [1.807, 2.05) is 0 Å². The van der Waals surface area contributed by atoms with Crippen LogP contribution in [0.15, 0.2) is 24.3 Å². The van der Waals surface area contributed by atoms with Crippen LogP contribution in [0.5, 0.6) is 0 Å². The minimum absolute atomic E-state index is 0.765. The van der Waals surface area contributed by atoms with Crippen molar-refractivity contribution in [3.8, 4) is 0 Å². The van der Waals surface area contributed by atoms with Crippen LogP contribution in [-0.2, 0) is 0 Å². The summed E-state index contributed by atoms with van der Waals surface area (Å²) in [4.78, 5) is 0. The average Bonchev–Trinajstić information content (AvgIpc) is 2.85. The summed E-state index contributed by atoms with van der Waals surface area (Å²) in [7, 11) is 0. The number of unbranched alkanes of at least 4 members (excludes halogenated alkanes) is 4. The molecule has 32 heavy (non-hydrogen) atoms. The maximum atomic E-state index is 6.08. The summed E-state index contributed by atoms with van der Waals surface area (Å²) in [5.41, 5.74) is 1.51. The molecule has 1 aromatic carbocycles. The van der Waals surface area contributed by atoms with Gasteiger partial charge in [-0.2, -0.15) is 0 Å². The highest BCUT2D eigenvalue weighted by molar-refractivity contribution is 6.30. The minimum atomic E-state index is 0.765. The molecule has 0 aliphatic heterocycles. The molecule has 0 aromatic heterocycles. The molecule has 0 N–H and O–H groups in total. The molecule has 0 spiro atoms. The Morgan fingerprint density at radius 2 is 1.34 bits per heavy atom. The van der Waals surface area contributed by atoms with E-state index in [-0.39, 0.29) is 0 Å². The lowest BCUT2D eigenvalue weighted by molar-refractivity contribution is 0.140. The smallest absolute Gasteiger partial charge is 0.0406 e. The number of hydrogen-bond acceptors (Lipinski definition) is 0. The predicted molar refractivity (Wildman–Crippen MR) is 140 cm³/mol. The highest BCUT2D eigenvalue weighted by Gasteiger charge is 2.34. The van der Waals surface area contributed by atoms with Crippen LogP contribution >= 0.6 is 11.6 Å². The second kappa shape index (κ2) is 12.8. The summed E-state index contributed by atoms with van der Waals surface area (Å²) >= 11 is 6.08. The van der Waals surface area contributed by atoms with Crippen molar-refractivity contribution < 1.29 is 0 Å². The first-order chi connectivity index (χ1) is 15.7. The Labute approximate surface area is 204 Å². The maximum Gasteiger partial charge on any atom is 0.0406 e. The van der Waals surface area contributed by atoms with Crippen molar-refractivity contribution in [2.75, 3.05) is 0 Å². The molecule has 1 radical (unpaired) electrons. The van der Waals surface area contributed by atoms with Crippen LogP contribution in [0.2, 0.25) is 5.02 Å². The van der Waals surface area contributed by atoms with E-state index in [9.17, 15) is 0 Å². The average molecular weight is 456 g/mol. The lowest BCUT2D eigenvalue weighted by Gasteiger charge is -2.41. The topological polar surface area (TPSA) is 0 Å². The fourth-order valence-electron chi connectivity index (χ4n) is 7.45. The zero-order valence-corrected chi connectivity index (χ0v) is 21.5. The van der Waals surface area contributed by atoms with Crippen molar-refractivity contribution >= 4 is 11.6 Å². The number of halogens is 1. The third kappa shape index (κ3) is 7.01. The van der Waals surface area contributed by atoms with Crippen LogP contribution in [0.4, 0.5) is 0 Å². The zero-order valence-electron chi connectivity index (χ0n) is 20.7. The number of hydrogen-bond donors (Lipinski definition) is 0. The second-order valence-electron chi connectivity index (χ2n) is 11.6. The molecule has 2 atom stereocenters. The van der Waals surface area contributed by atoms with Crippen LogP contribution in [0.25, 0.3) is 0 Å². The Morgan fingerprint density at radius 3 is 2.00 bits per heavy atom. The molecule has 1 heteroatoms. The van der Waals surface area contributed by atoms with E-state index < -0.39 is 0 Å². The molecule has 3 saturated carbocycles. The first-order valence-corrected chi connectivity index (χ1v) is 14.7. The second-order valence-corrected chi connectivity index (χ2v) is 12.1. The molecule has 0 amide bonds. The monoisotopic (exact) mass is 455 g/mol. The van der Waals surface area contributed by atoms with Gasteiger partial charge in [0.05, 0.1) is 0 Å². The van der Waals surface area contributed by atoms with Gasteiger partial charge in [-0.25, -0.2) is 0 Å². The third-order valence-electron chi connectivity index (χ3n) is 9.61. The van der Waals surface area contributed by atoms with Crippen molar-refractivity contribution in [2.45, 2.75) is 122 Å². The fraction of sp³-hybridized carbons (Fsp3) is 0.774. The molecule has 0 nitrogen and oxygen atoms in total. The third-order valence-corrected chi connectivity index (χ3v) is 9.86. The van der Waals surface area contributed by atoms with E-state index in [1.54, 1.807) is 0 Å². The first-order valence-electron chi connectivity index (χ1n) is 14.3. The Hall–Kier alpha value is -0.490. The largest absolute Gasteiger partial charge is 0.0843 e. The first kappa shape index (κ1) is 24.6. The summed E-state index contributed by atoms with van der Waals surface area (Å²) < 4.78 is 0. The highest BCUT2D eigenvalue weighted by atomic mass is 35.5. The molecular formula is C31H48Cl. The van der Waals surface area contributed by atoms with Crippen LogP contribution in [0, 0.1) is 36.0 Å². The molecule has 1 aromatic rings. The molecular weight excluding hydrogens is 408 g/mol. The van der Waals surface area contributed by atoms with Crippen LogP contribution < -0.4 is 0 Å². The molecule has 0 saturated heterocycles. The van der Waals surface area contributed by atoms with Gasteiger partial charge in [-0.15, -0.1) is 0 Å². The summed E-state index contributed by atoms with van der Waals surface area (Å²) in [5, 5.41) is 0.865. The van der Waals surface area contributed by atoms with Crippen molar-refractivity contribution in [1.82, 2.24) is 0 Å². The Balaban J connectivity index is 1.12. The summed E-state index contributed by atoms with van der Waals surface area (Å²) in [6.07, 6.45) is 27.8. The van der Waals surface area contributed by atoms with E-state index in [1.165, 1.54) is 115 Å². The zero-order chi connectivity index (χ0) is 22.2. The van der Waals surface area contributed by atoms with E-state index in [0.717, 1.165) is 40.5 Å². The van der Waals surface area contributed by atoms with Gasteiger partial charge in [0.15, 0.2) is 0 Å². The van der Waals surface area contributed by atoms with Crippen LogP contribution in [0.3, 0.4) is 0 Å². The molecule has 0 heterocycles. The summed E-state index contributed by atoms with van der Waals surface area (Å²) in [6.45, 7) is 2.32. The van der Waals surface area contributed by atoms with Gasteiger partial charge in [-0.1, -0.05) is 82.0 Å². The van der Waals surface area contributed by atoms with Gasteiger partial charge in [-0.05, 0) is 117 Å². The fourth-order valence-corrected chi connectivity index (χ4v) is 7.57. The lowest BCUT2D eigenvalue weighted by atomic mass is 9.64. The van der Waals surface area contributed by atoms with E-state index in [0.29, 0.717) is 0 Å². The normalized spacial score (nSPS) is 33.8. The van der Waals surface area contributed by atoms with Crippen molar-refractivity contribution in [1.29, 1.82) is 0 Å².